The molecule has 1 saturated heterocycles. The molecule has 1 aliphatic rings. The number of rotatable bonds is 9. The minimum Gasteiger partial charge on any atom is -1.00 e. The summed E-state index contributed by atoms with van der Waals surface area (Å²) in [7, 11) is 6.18. The van der Waals surface area contributed by atoms with Crippen molar-refractivity contribution in [1.29, 1.82) is 0 Å². The number of benzene rings is 2. The van der Waals surface area contributed by atoms with E-state index in [9.17, 15) is 9.59 Å². The molecule has 1 aliphatic heterocycles. The van der Waals surface area contributed by atoms with Gasteiger partial charge < -0.3 is 41.2 Å². The number of nitrogens with zero attached hydrogens (tertiary/aromatic N) is 1. The van der Waals surface area contributed by atoms with Crippen LogP contribution in [0.25, 0.3) is 0 Å². The Balaban J connectivity index is 0.00000385. The van der Waals surface area contributed by atoms with Crippen LogP contribution in [0.2, 0.25) is 0 Å². The quantitative estimate of drug-likeness (QED) is 0.435. The van der Waals surface area contributed by atoms with E-state index in [0.29, 0.717) is 53.6 Å². The van der Waals surface area contributed by atoms with Crippen molar-refractivity contribution in [3.8, 4) is 23.0 Å². The summed E-state index contributed by atoms with van der Waals surface area (Å²) in [6.07, 6.45) is 0.462. The van der Waals surface area contributed by atoms with Crippen molar-refractivity contribution in [3.63, 3.8) is 0 Å². The Hall–Kier alpha value is -2.97. The first-order chi connectivity index (χ1) is 15.5. The highest BCUT2D eigenvalue weighted by molar-refractivity contribution is 5.96. The van der Waals surface area contributed by atoms with Gasteiger partial charge in [-0.3, -0.25) is 9.59 Å². The van der Waals surface area contributed by atoms with Gasteiger partial charge in [-0.05, 0) is 24.3 Å². The highest BCUT2D eigenvalue weighted by Crippen LogP contribution is 2.38. The van der Waals surface area contributed by atoms with E-state index in [2.05, 4.69) is 0 Å². The number of nitrogens with one attached hydrogen (secondary N) is 1. The van der Waals surface area contributed by atoms with Gasteiger partial charge in [0.05, 0.1) is 67.6 Å². The summed E-state index contributed by atoms with van der Waals surface area (Å²) in [4.78, 5) is 28.7. The second kappa shape index (κ2) is 12.3. The minimum atomic E-state index is -0.0734. The van der Waals surface area contributed by atoms with Crippen molar-refractivity contribution in [2.45, 2.75) is 6.42 Å². The Labute approximate surface area is 200 Å². The van der Waals surface area contributed by atoms with E-state index in [4.69, 9.17) is 18.9 Å². The summed E-state index contributed by atoms with van der Waals surface area (Å²) in [5, 5.41) is 0. The van der Waals surface area contributed by atoms with Crippen LogP contribution in [0.5, 0.6) is 23.0 Å². The first-order valence-corrected chi connectivity index (χ1v) is 10.6. The van der Waals surface area contributed by atoms with Crippen LogP contribution >= 0.6 is 0 Å². The molecule has 0 unspecified atom stereocenters. The topological polar surface area (TPSA) is 78.7 Å². The monoisotopic (exact) mass is 478 g/mol. The smallest absolute Gasteiger partial charge is 0.254 e. The molecule has 0 radical (unpaired) electrons. The zero-order valence-electron chi connectivity index (χ0n) is 19.5. The van der Waals surface area contributed by atoms with Gasteiger partial charge in [0.15, 0.2) is 17.3 Å². The number of carbonyl (C=O) groups is 2. The Kier molecular flexibility index (Phi) is 9.81. The summed E-state index contributed by atoms with van der Waals surface area (Å²) in [6.45, 7) is 3.57. The van der Waals surface area contributed by atoms with Crippen LogP contribution in [-0.4, -0.2) is 77.8 Å². The average Bonchev–Trinajstić information content (AvgIpc) is 2.86. The molecule has 3 rings (SSSR count). The molecule has 1 fully saturated rings. The van der Waals surface area contributed by atoms with Gasteiger partial charge >= 0.3 is 0 Å². The largest absolute Gasteiger partial charge is 1.00 e. The molecule has 0 bridgehead atoms. The van der Waals surface area contributed by atoms with Crippen molar-refractivity contribution in [2.24, 2.45) is 0 Å². The van der Waals surface area contributed by atoms with Crippen LogP contribution in [0.15, 0.2) is 36.4 Å². The zero-order chi connectivity index (χ0) is 23.1. The Morgan fingerprint density at radius 3 is 2.06 bits per heavy atom. The van der Waals surface area contributed by atoms with Gasteiger partial charge in [0, 0.05) is 11.1 Å². The number of halogens is 1. The fourth-order valence-electron chi connectivity index (χ4n) is 3.89. The molecule has 0 spiro atoms. The number of hydrogen-bond acceptors (Lipinski definition) is 6. The summed E-state index contributed by atoms with van der Waals surface area (Å²) in [5.41, 5.74) is 1.16. The molecule has 0 saturated carbocycles. The maximum atomic E-state index is 13.1. The van der Waals surface area contributed by atoms with E-state index in [0.717, 1.165) is 19.6 Å². The van der Waals surface area contributed by atoms with Crippen molar-refractivity contribution >= 4 is 11.7 Å². The molecule has 0 atom stereocenters. The second-order valence-electron chi connectivity index (χ2n) is 7.61. The highest BCUT2D eigenvalue weighted by atomic mass is 35.5. The third-order valence-electron chi connectivity index (χ3n) is 5.77. The lowest BCUT2D eigenvalue weighted by molar-refractivity contribution is -0.903. The highest BCUT2D eigenvalue weighted by Gasteiger charge is 2.27. The van der Waals surface area contributed by atoms with E-state index in [1.54, 1.807) is 25.3 Å². The first-order valence-electron chi connectivity index (χ1n) is 10.6. The summed E-state index contributed by atoms with van der Waals surface area (Å²) in [5.74, 6) is 2.08. The molecule has 9 heteroatoms. The molecule has 180 valence electrons. The van der Waals surface area contributed by atoms with Gasteiger partial charge in [-0.15, -0.1) is 0 Å². The van der Waals surface area contributed by atoms with Crippen LogP contribution in [-0.2, 0) is 0 Å². The number of Topliss-reactive ketones (excluding diaryl/α,β-unsaturated/α-hetero) is 1. The van der Waals surface area contributed by atoms with Gasteiger partial charge in [0.1, 0.15) is 5.75 Å². The maximum absolute atomic E-state index is 13.1. The van der Waals surface area contributed by atoms with E-state index < -0.39 is 0 Å². The number of carbonyl (C=O) groups excluding carboxylic acids is 2. The van der Waals surface area contributed by atoms with Crippen molar-refractivity contribution < 1.29 is 45.8 Å². The predicted molar refractivity (Wildman–Crippen MR) is 120 cm³/mol. The van der Waals surface area contributed by atoms with Gasteiger partial charge in [-0.25, -0.2) is 0 Å². The van der Waals surface area contributed by atoms with E-state index in [1.807, 2.05) is 23.1 Å². The SMILES string of the molecule is COc1cccc(C(=O)CC[NH+]2CCN(C(=O)c3cc(OC)c(OC)c(OC)c3)CC2)c1.[Cl-]. The summed E-state index contributed by atoms with van der Waals surface area (Å²) < 4.78 is 21.2. The Morgan fingerprint density at radius 2 is 1.52 bits per heavy atom. The molecule has 1 amide bonds. The van der Waals surface area contributed by atoms with Crippen molar-refractivity contribution in [1.82, 2.24) is 4.90 Å². The average molecular weight is 479 g/mol. The van der Waals surface area contributed by atoms with Crippen LogP contribution in [0.3, 0.4) is 0 Å². The number of ketones is 1. The van der Waals surface area contributed by atoms with Crippen LogP contribution in [0, 0.1) is 0 Å². The lowest BCUT2D eigenvalue weighted by Gasteiger charge is -2.32. The minimum absolute atomic E-state index is 0. The van der Waals surface area contributed by atoms with Gasteiger partial charge in [-0.1, -0.05) is 12.1 Å². The molecular formula is C24H31ClN2O6. The molecule has 2 aromatic carbocycles. The predicted octanol–water partition coefficient (Wildman–Crippen LogP) is -1.66. The molecular weight excluding hydrogens is 448 g/mol. The summed E-state index contributed by atoms with van der Waals surface area (Å²) >= 11 is 0. The lowest BCUT2D eigenvalue weighted by atomic mass is 10.1. The molecule has 1 N–H and O–H groups in total. The standard InChI is InChI=1S/C24H30N2O6.ClH/c1-29-19-7-5-6-17(14-19)20(27)8-9-25-10-12-26(13-11-25)24(28)18-15-21(30-2)23(32-4)22(16-18)31-3;/h5-7,14-16H,8-13H2,1-4H3;1H. The number of methoxy groups -OCH3 is 4. The maximum Gasteiger partial charge on any atom is 0.254 e. The van der Waals surface area contributed by atoms with Gasteiger partial charge in [0.2, 0.25) is 5.75 Å². The molecule has 8 nitrogen and oxygen atoms in total. The Morgan fingerprint density at radius 1 is 0.879 bits per heavy atom. The molecule has 0 aromatic heterocycles. The van der Waals surface area contributed by atoms with Crippen molar-refractivity contribution in [3.05, 3.63) is 47.5 Å². The van der Waals surface area contributed by atoms with Crippen molar-refractivity contribution in [2.75, 3.05) is 61.2 Å². The number of quaternary nitrogens is 1. The van der Waals surface area contributed by atoms with E-state index in [1.165, 1.54) is 26.2 Å². The molecule has 2 aromatic rings. The van der Waals surface area contributed by atoms with Crippen LogP contribution in [0.1, 0.15) is 27.1 Å². The zero-order valence-corrected chi connectivity index (χ0v) is 20.2. The molecule has 0 aliphatic carbocycles. The van der Waals surface area contributed by atoms with Crippen LogP contribution in [0.4, 0.5) is 0 Å². The lowest BCUT2D eigenvalue weighted by Crippen LogP contribution is -3.14. The Bertz CT molecular complexity index is 935. The van der Waals surface area contributed by atoms with Gasteiger partial charge in [-0.2, -0.15) is 0 Å². The molecule has 1 heterocycles. The number of amides is 1. The third-order valence-corrected chi connectivity index (χ3v) is 5.77. The molecule has 33 heavy (non-hydrogen) atoms. The summed E-state index contributed by atoms with van der Waals surface area (Å²) in [6, 6.07) is 10.6. The number of hydrogen-bond donors (Lipinski definition) is 1. The number of piperazine rings is 1. The van der Waals surface area contributed by atoms with Crippen LogP contribution < -0.4 is 36.3 Å². The fraction of sp³-hybridized carbons (Fsp3) is 0.417. The normalized spacial score (nSPS) is 13.6. The van der Waals surface area contributed by atoms with Gasteiger partial charge in [0.25, 0.3) is 5.91 Å². The third kappa shape index (κ3) is 6.30. The second-order valence-corrected chi connectivity index (χ2v) is 7.61. The fourth-order valence-corrected chi connectivity index (χ4v) is 3.89. The first kappa shape index (κ1) is 26.3. The number of ether oxygens (including phenoxy) is 4. The van der Waals surface area contributed by atoms with E-state index in [-0.39, 0.29) is 24.1 Å². The van der Waals surface area contributed by atoms with E-state index >= 15 is 0 Å².